The summed E-state index contributed by atoms with van der Waals surface area (Å²) >= 11 is 0. The molecular formula is C12H13FN2. The summed E-state index contributed by atoms with van der Waals surface area (Å²) in [4.78, 5) is 0. The number of benzene rings is 1. The van der Waals surface area contributed by atoms with Crippen molar-refractivity contribution < 1.29 is 4.39 Å². The van der Waals surface area contributed by atoms with Crippen molar-refractivity contribution in [3.05, 3.63) is 42.0 Å². The number of hydrogen-bond donors (Lipinski definition) is 0. The third-order valence-electron chi connectivity index (χ3n) is 2.46. The normalized spacial score (nSPS) is 10.6. The van der Waals surface area contributed by atoms with Crippen molar-refractivity contribution >= 4 is 0 Å². The number of hydrogen-bond acceptors (Lipinski definition) is 1. The Labute approximate surface area is 88.4 Å². The lowest BCUT2D eigenvalue weighted by Crippen LogP contribution is -1.88. The van der Waals surface area contributed by atoms with Crippen LogP contribution >= 0.6 is 0 Å². The molecule has 0 saturated carbocycles. The van der Waals surface area contributed by atoms with Gasteiger partial charge in [-0.05, 0) is 29.7 Å². The third-order valence-corrected chi connectivity index (χ3v) is 2.46. The predicted molar refractivity (Wildman–Crippen MR) is 58.0 cm³/mol. The van der Waals surface area contributed by atoms with Crippen molar-refractivity contribution in [2.75, 3.05) is 0 Å². The Kier molecular flexibility index (Phi) is 2.54. The molecule has 0 unspecified atom stereocenters. The first-order chi connectivity index (χ1) is 7.20. The maximum atomic E-state index is 13.0. The molecule has 1 aromatic heterocycles. The third kappa shape index (κ3) is 1.91. The monoisotopic (exact) mass is 204 g/mol. The number of rotatable bonds is 2. The Bertz CT molecular complexity index is 474. The zero-order valence-electron chi connectivity index (χ0n) is 8.87. The molecule has 1 heterocycles. The molecule has 0 amide bonds. The summed E-state index contributed by atoms with van der Waals surface area (Å²) < 4.78 is 14.8. The lowest BCUT2D eigenvalue weighted by atomic mass is 10.0. The van der Waals surface area contributed by atoms with Gasteiger partial charge in [0.25, 0.3) is 0 Å². The molecular weight excluding hydrogens is 191 g/mol. The van der Waals surface area contributed by atoms with Crippen molar-refractivity contribution in [2.45, 2.75) is 13.3 Å². The van der Waals surface area contributed by atoms with Crippen LogP contribution in [-0.4, -0.2) is 9.78 Å². The fourth-order valence-corrected chi connectivity index (χ4v) is 1.70. The molecule has 2 nitrogen and oxygen atoms in total. The standard InChI is InChI=1S/C12H13FN2/c1-3-9-6-11(13)4-5-12(9)10-7-14-15(2)8-10/h4-8H,3H2,1-2H3. The number of nitrogens with zero attached hydrogens (tertiary/aromatic N) is 2. The van der Waals surface area contributed by atoms with Gasteiger partial charge in [-0.1, -0.05) is 13.0 Å². The number of aryl methyl sites for hydroxylation is 2. The molecule has 0 aliphatic carbocycles. The summed E-state index contributed by atoms with van der Waals surface area (Å²) in [5.74, 6) is -0.181. The van der Waals surface area contributed by atoms with Crippen molar-refractivity contribution in [1.29, 1.82) is 0 Å². The van der Waals surface area contributed by atoms with E-state index in [2.05, 4.69) is 5.10 Å². The molecule has 0 fully saturated rings. The van der Waals surface area contributed by atoms with Crippen molar-refractivity contribution in [3.8, 4) is 11.1 Å². The van der Waals surface area contributed by atoms with Gasteiger partial charge in [-0.2, -0.15) is 5.10 Å². The maximum Gasteiger partial charge on any atom is 0.123 e. The van der Waals surface area contributed by atoms with Gasteiger partial charge in [0, 0.05) is 18.8 Å². The Morgan fingerprint density at radius 2 is 2.20 bits per heavy atom. The molecule has 0 radical (unpaired) electrons. The van der Waals surface area contributed by atoms with E-state index in [9.17, 15) is 4.39 Å². The van der Waals surface area contributed by atoms with Crippen LogP contribution in [0.25, 0.3) is 11.1 Å². The van der Waals surface area contributed by atoms with Crippen molar-refractivity contribution in [3.63, 3.8) is 0 Å². The van der Waals surface area contributed by atoms with E-state index in [1.807, 2.05) is 26.2 Å². The van der Waals surface area contributed by atoms with Crippen LogP contribution in [0.5, 0.6) is 0 Å². The fraction of sp³-hybridized carbons (Fsp3) is 0.250. The largest absolute Gasteiger partial charge is 0.275 e. The van der Waals surface area contributed by atoms with Crippen LogP contribution in [0.4, 0.5) is 4.39 Å². The Morgan fingerprint density at radius 1 is 1.40 bits per heavy atom. The summed E-state index contributed by atoms with van der Waals surface area (Å²) in [7, 11) is 1.87. The first kappa shape index (κ1) is 9.90. The van der Waals surface area contributed by atoms with Gasteiger partial charge in [-0.3, -0.25) is 4.68 Å². The van der Waals surface area contributed by atoms with Gasteiger partial charge in [0.1, 0.15) is 5.82 Å². The van der Waals surface area contributed by atoms with Crippen molar-refractivity contribution in [1.82, 2.24) is 9.78 Å². The van der Waals surface area contributed by atoms with E-state index < -0.39 is 0 Å². The van der Waals surface area contributed by atoms with Crippen LogP contribution < -0.4 is 0 Å². The highest BCUT2D eigenvalue weighted by Gasteiger charge is 2.06. The summed E-state index contributed by atoms with van der Waals surface area (Å²) in [6, 6.07) is 4.88. The van der Waals surface area contributed by atoms with Crippen molar-refractivity contribution in [2.24, 2.45) is 7.05 Å². The number of halogens is 1. The van der Waals surface area contributed by atoms with Gasteiger partial charge in [0.05, 0.1) is 6.20 Å². The van der Waals surface area contributed by atoms with E-state index in [1.54, 1.807) is 16.9 Å². The zero-order valence-corrected chi connectivity index (χ0v) is 8.87. The average molecular weight is 204 g/mol. The zero-order chi connectivity index (χ0) is 10.8. The lowest BCUT2D eigenvalue weighted by Gasteiger charge is -2.05. The molecule has 0 aliphatic rings. The molecule has 0 saturated heterocycles. The van der Waals surface area contributed by atoms with Crippen LogP contribution in [0, 0.1) is 5.82 Å². The minimum Gasteiger partial charge on any atom is -0.275 e. The van der Waals surface area contributed by atoms with Crippen LogP contribution in [-0.2, 0) is 13.5 Å². The second-order valence-electron chi connectivity index (χ2n) is 3.56. The molecule has 2 aromatic rings. The molecule has 0 N–H and O–H groups in total. The Morgan fingerprint density at radius 3 is 2.80 bits per heavy atom. The second-order valence-corrected chi connectivity index (χ2v) is 3.56. The van der Waals surface area contributed by atoms with Gasteiger partial charge < -0.3 is 0 Å². The van der Waals surface area contributed by atoms with E-state index >= 15 is 0 Å². The van der Waals surface area contributed by atoms with Crippen LogP contribution in [0.2, 0.25) is 0 Å². The summed E-state index contributed by atoms with van der Waals surface area (Å²) in [5.41, 5.74) is 3.12. The fourth-order valence-electron chi connectivity index (χ4n) is 1.70. The molecule has 1 aromatic carbocycles. The molecule has 0 bridgehead atoms. The lowest BCUT2D eigenvalue weighted by molar-refractivity contribution is 0.626. The highest BCUT2D eigenvalue weighted by molar-refractivity contribution is 5.65. The van der Waals surface area contributed by atoms with E-state index in [-0.39, 0.29) is 5.82 Å². The minimum atomic E-state index is -0.181. The smallest absolute Gasteiger partial charge is 0.123 e. The second kappa shape index (κ2) is 3.85. The predicted octanol–water partition coefficient (Wildman–Crippen LogP) is 2.79. The number of aromatic nitrogens is 2. The first-order valence-electron chi connectivity index (χ1n) is 4.98. The summed E-state index contributed by atoms with van der Waals surface area (Å²) in [6.45, 7) is 2.02. The van der Waals surface area contributed by atoms with Crippen LogP contribution in [0.1, 0.15) is 12.5 Å². The Balaban J connectivity index is 2.52. The van der Waals surface area contributed by atoms with Gasteiger partial charge in [0.2, 0.25) is 0 Å². The van der Waals surface area contributed by atoms with Crippen LogP contribution in [0.15, 0.2) is 30.6 Å². The maximum absolute atomic E-state index is 13.0. The molecule has 3 heteroatoms. The minimum absolute atomic E-state index is 0.181. The van der Waals surface area contributed by atoms with E-state index in [1.165, 1.54) is 6.07 Å². The highest BCUT2D eigenvalue weighted by Crippen LogP contribution is 2.24. The van der Waals surface area contributed by atoms with E-state index in [0.29, 0.717) is 0 Å². The Hall–Kier alpha value is -1.64. The van der Waals surface area contributed by atoms with E-state index in [0.717, 1.165) is 23.1 Å². The molecule has 0 aliphatic heterocycles. The molecule has 0 spiro atoms. The van der Waals surface area contributed by atoms with Gasteiger partial charge in [0.15, 0.2) is 0 Å². The summed E-state index contributed by atoms with van der Waals surface area (Å²) in [5, 5.41) is 4.11. The SMILES string of the molecule is CCc1cc(F)ccc1-c1cnn(C)c1. The molecule has 0 atom stereocenters. The molecule has 15 heavy (non-hydrogen) atoms. The highest BCUT2D eigenvalue weighted by atomic mass is 19.1. The summed E-state index contributed by atoms with van der Waals surface area (Å²) in [6.07, 6.45) is 4.56. The topological polar surface area (TPSA) is 17.8 Å². The quantitative estimate of drug-likeness (QED) is 0.735. The van der Waals surface area contributed by atoms with Gasteiger partial charge >= 0.3 is 0 Å². The first-order valence-corrected chi connectivity index (χ1v) is 4.98. The molecule has 78 valence electrons. The van der Waals surface area contributed by atoms with Gasteiger partial charge in [-0.25, -0.2) is 4.39 Å². The molecule has 2 rings (SSSR count). The van der Waals surface area contributed by atoms with Gasteiger partial charge in [-0.15, -0.1) is 0 Å². The van der Waals surface area contributed by atoms with Crippen LogP contribution in [0.3, 0.4) is 0 Å². The average Bonchev–Trinajstić information content (AvgIpc) is 2.64. The van der Waals surface area contributed by atoms with E-state index in [4.69, 9.17) is 0 Å².